The van der Waals surface area contributed by atoms with Crippen molar-refractivity contribution in [3.63, 3.8) is 0 Å². The standard InChI is InChI=1S/C12H21Br2N3O/c1-4-10-12(14)11(17(3)15-10)9-16(2)6-8-18-7-5-13/h4-9H2,1-3H3. The van der Waals surface area contributed by atoms with Crippen molar-refractivity contribution in [1.82, 2.24) is 14.7 Å². The van der Waals surface area contributed by atoms with Gasteiger partial charge in [0.15, 0.2) is 0 Å². The quantitative estimate of drug-likeness (QED) is 0.511. The Morgan fingerprint density at radius 2 is 2.11 bits per heavy atom. The molecule has 104 valence electrons. The van der Waals surface area contributed by atoms with E-state index in [0.29, 0.717) is 0 Å². The van der Waals surface area contributed by atoms with E-state index in [-0.39, 0.29) is 0 Å². The fourth-order valence-electron chi connectivity index (χ4n) is 1.70. The van der Waals surface area contributed by atoms with Gasteiger partial charge in [-0.15, -0.1) is 0 Å². The van der Waals surface area contributed by atoms with Crippen molar-refractivity contribution >= 4 is 31.9 Å². The van der Waals surface area contributed by atoms with Gasteiger partial charge in [-0.2, -0.15) is 5.10 Å². The van der Waals surface area contributed by atoms with Crippen LogP contribution in [0.5, 0.6) is 0 Å². The molecule has 0 unspecified atom stereocenters. The molecule has 6 heteroatoms. The summed E-state index contributed by atoms with van der Waals surface area (Å²) >= 11 is 6.98. The van der Waals surface area contributed by atoms with Gasteiger partial charge in [0.2, 0.25) is 0 Å². The number of likely N-dealkylation sites (N-methyl/N-ethyl adjacent to an activating group) is 1. The molecule has 0 fully saturated rings. The molecule has 0 saturated carbocycles. The van der Waals surface area contributed by atoms with E-state index in [1.165, 1.54) is 5.69 Å². The molecule has 0 N–H and O–H groups in total. The highest BCUT2D eigenvalue weighted by Gasteiger charge is 2.13. The number of halogens is 2. The molecule has 0 spiro atoms. The third kappa shape index (κ3) is 4.64. The summed E-state index contributed by atoms with van der Waals surface area (Å²) in [5.74, 6) is 0. The average Bonchev–Trinajstić information content (AvgIpc) is 2.62. The Morgan fingerprint density at radius 1 is 1.39 bits per heavy atom. The monoisotopic (exact) mass is 381 g/mol. The normalized spacial score (nSPS) is 11.4. The Balaban J connectivity index is 2.48. The summed E-state index contributed by atoms with van der Waals surface area (Å²) in [7, 11) is 4.09. The molecule has 0 aromatic carbocycles. The zero-order valence-corrected chi connectivity index (χ0v) is 14.4. The molecule has 0 aliphatic rings. The van der Waals surface area contributed by atoms with E-state index in [1.807, 2.05) is 11.7 Å². The van der Waals surface area contributed by atoms with Crippen LogP contribution in [0, 0.1) is 0 Å². The van der Waals surface area contributed by atoms with Crippen LogP contribution in [-0.4, -0.2) is 46.8 Å². The number of hydrogen-bond acceptors (Lipinski definition) is 3. The second kappa shape index (κ2) is 8.30. The van der Waals surface area contributed by atoms with Gasteiger partial charge in [0, 0.05) is 25.5 Å². The third-order valence-corrected chi connectivity index (χ3v) is 4.00. The van der Waals surface area contributed by atoms with Gasteiger partial charge in [-0.1, -0.05) is 22.9 Å². The van der Waals surface area contributed by atoms with E-state index in [9.17, 15) is 0 Å². The maximum absolute atomic E-state index is 5.46. The molecule has 4 nitrogen and oxygen atoms in total. The molecule has 1 aromatic heterocycles. The smallest absolute Gasteiger partial charge is 0.0767 e. The summed E-state index contributed by atoms with van der Waals surface area (Å²) in [5.41, 5.74) is 2.34. The van der Waals surface area contributed by atoms with Crippen molar-refractivity contribution in [1.29, 1.82) is 0 Å². The molecular weight excluding hydrogens is 362 g/mol. The Kier molecular flexibility index (Phi) is 7.44. The van der Waals surface area contributed by atoms with Crippen molar-refractivity contribution in [3.05, 3.63) is 15.9 Å². The molecule has 1 aromatic rings. The number of aromatic nitrogens is 2. The summed E-state index contributed by atoms with van der Waals surface area (Å²) < 4.78 is 8.55. The number of hydrogen-bond donors (Lipinski definition) is 0. The van der Waals surface area contributed by atoms with Crippen LogP contribution < -0.4 is 0 Å². The number of ether oxygens (including phenoxy) is 1. The number of nitrogens with zero attached hydrogens (tertiary/aromatic N) is 3. The van der Waals surface area contributed by atoms with E-state index in [2.05, 4.69) is 55.8 Å². The maximum atomic E-state index is 5.46. The molecular formula is C12H21Br2N3O. The van der Waals surface area contributed by atoms with E-state index >= 15 is 0 Å². The van der Waals surface area contributed by atoms with Gasteiger partial charge in [-0.25, -0.2) is 0 Å². The molecule has 0 atom stereocenters. The molecule has 0 amide bonds. The van der Waals surface area contributed by atoms with Crippen molar-refractivity contribution in [2.45, 2.75) is 19.9 Å². The van der Waals surface area contributed by atoms with Crippen molar-refractivity contribution in [3.8, 4) is 0 Å². The highest BCUT2D eigenvalue weighted by Crippen LogP contribution is 2.22. The van der Waals surface area contributed by atoms with Crippen LogP contribution in [0.15, 0.2) is 4.47 Å². The van der Waals surface area contributed by atoms with Gasteiger partial charge < -0.3 is 4.74 Å². The first-order valence-corrected chi connectivity index (χ1v) is 8.04. The fraction of sp³-hybridized carbons (Fsp3) is 0.750. The fourth-order valence-corrected chi connectivity index (χ4v) is 2.67. The van der Waals surface area contributed by atoms with Gasteiger partial charge in [-0.3, -0.25) is 9.58 Å². The van der Waals surface area contributed by atoms with Crippen LogP contribution in [0.1, 0.15) is 18.3 Å². The van der Waals surface area contributed by atoms with E-state index in [4.69, 9.17) is 4.74 Å². The first-order valence-electron chi connectivity index (χ1n) is 6.12. The summed E-state index contributed by atoms with van der Waals surface area (Å²) in [5, 5.41) is 5.39. The first kappa shape index (κ1) is 16.1. The van der Waals surface area contributed by atoms with Crippen LogP contribution in [0.3, 0.4) is 0 Å². The second-order valence-corrected chi connectivity index (χ2v) is 5.81. The molecule has 0 aliphatic carbocycles. The molecule has 0 bridgehead atoms. The third-order valence-electron chi connectivity index (χ3n) is 2.76. The van der Waals surface area contributed by atoms with Gasteiger partial charge in [-0.05, 0) is 29.4 Å². The molecule has 1 rings (SSSR count). The Bertz CT molecular complexity index is 368. The van der Waals surface area contributed by atoms with Crippen LogP contribution in [-0.2, 0) is 24.8 Å². The van der Waals surface area contributed by atoms with E-state index < -0.39 is 0 Å². The lowest BCUT2D eigenvalue weighted by Crippen LogP contribution is -2.24. The summed E-state index contributed by atoms with van der Waals surface area (Å²) in [6.07, 6.45) is 0.951. The number of rotatable bonds is 8. The minimum atomic E-state index is 0.762. The topological polar surface area (TPSA) is 30.3 Å². The average molecular weight is 383 g/mol. The lowest BCUT2D eigenvalue weighted by molar-refractivity contribution is 0.122. The molecule has 0 aliphatic heterocycles. The van der Waals surface area contributed by atoms with Crippen LogP contribution in [0.25, 0.3) is 0 Å². The van der Waals surface area contributed by atoms with E-state index in [1.54, 1.807) is 0 Å². The molecule has 0 saturated heterocycles. The zero-order chi connectivity index (χ0) is 13.5. The van der Waals surface area contributed by atoms with Gasteiger partial charge >= 0.3 is 0 Å². The van der Waals surface area contributed by atoms with Gasteiger partial charge in [0.1, 0.15) is 0 Å². The van der Waals surface area contributed by atoms with Crippen LogP contribution in [0.4, 0.5) is 0 Å². The SMILES string of the molecule is CCc1nn(C)c(CN(C)CCOCCBr)c1Br. The Morgan fingerprint density at radius 3 is 2.67 bits per heavy atom. The lowest BCUT2D eigenvalue weighted by atomic mass is 10.3. The summed E-state index contributed by atoms with van der Waals surface area (Å²) in [4.78, 5) is 2.25. The highest BCUT2D eigenvalue weighted by atomic mass is 79.9. The number of alkyl halides is 1. The molecule has 18 heavy (non-hydrogen) atoms. The minimum absolute atomic E-state index is 0.762. The maximum Gasteiger partial charge on any atom is 0.0767 e. The molecule has 0 radical (unpaired) electrons. The second-order valence-electron chi connectivity index (χ2n) is 4.22. The highest BCUT2D eigenvalue weighted by molar-refractivity contribution is 9.10. The zero-order valence-electron chi connectivity index (χ0n) is 11.2. The first-order chi connectivity index (χ1) is 8.60. The van der Waals surface area contributed by atoms with Crippen molar-refractivity contribution in [2.24, 2.45) is 7.05 Å². The summed E-state index contributed by atoms with van der Waals surface area (Å²) in [6.45, 7) is 5.45. The Labute approximate surface area is 126 Å². The predicted molar refractivity (Wildman–Crippen MR) is 81.2 cm³/mol. The minimum Gasteiger partial charge on any atom is -0.379 e. The Hall–Kier alpha value is 0.0900. The number of aryl methyl sites for hydroxylation is 2. The lowest BCUT2D eigenvalue weighted by Gasteiger charge is -2.16. The van der Waals surface area contributed by atoms with Crippen LogP contribution >= 0.6 is 31.9 Å². The largest absolute Gasteiger partial charge is 0.379 e. The van der Waals surface area contributed by atoms with Gasteiger partial charge in [0.25, 0.3) is 0 Å². The van der Waals surface area contributed by atoms with E-state index in [0.717, 1.165) is 48.2 Å². The summed E-state index contributed by atoms with van der Waals surface area (Å²) in [6, 6.07) is 0. The molecule has 1 heterocycles. The van der Waals surface area contributed by atoms with Crippen LogP contribution in [0.2, 0.25) is 0 Å². The van der Waals surface area contributed by atoms with Gasteiger partial charge in [0.05, 0.1) is 29.1 Å². The van der Waals surface area contributed by atoms with Crippen molar-refractivity contribution in [2.75, 3.05) is 32.1 Å². The predicted octanol–water partition coefficient (Wildman–Crippen LogP) is 2.59. The van der Waals surface area contributed by atoms with Crippen molar-refractivity contribution < 1.29 is 4.74 Å².